The zero-order valence-electron chi connectivity index (χ0n) is 8.34. The van der Waals surface area contributed by atoms with Gasteiger partial charge in [-0.3, -0.25) is 0 Å². The Kier molecular flexibility index (Phi) is 3.21. The van der Waals surface area contributed by atoms with Gasteiger partial charge in [-0.2, -0.15) is 5.26 Å². The van der Waals surface area contributed by atoms with Crippen LogP contribution in [0.4, 0.5) is 4.39 Å². The van der Waals surface area contributed by atoms with Crippen LogP contribution in [0.5, 0.6) is 0 Å². The monoisotopic (exact) mass is 192 g/mol. The van der Waals surface area contributed by atoms with Gasteiger partial charge >= 0.3 is 0 Å². The Morgan fingerprint density at radius 2 is 2.00 bits per heavy atom. The topological polar surface area (TPSA) is 35.8 Å². The van der Waals surface area contributed by atoms with Crippen molar-refractivity contribution in [3.05, 3.63) is 35.6 Å². The first kappa shape index (κ1) is 10.7. The van der Waals surface area contributed by atoms with E-state index in [-0.39, 0.29) is 5.82 Å². The molecule has 0 radical (unpaired) electrons. The van der Waals surface area contributed by atoms with Crippen molar-refractivity contribution in [3.63, 3.8) is 0 Å². The van der Waals surface area contributed by atoms with E-state index in [0.29, 0.717) is 6.42 Å². The minimum atomic E-state index is -0.585. The van der Waals surface area contributed by atoms with E-state index in [0.717, 1.165) is 5.56 Å². The number of likely N-dealkylation sites (N-methyl/N-ethyl adjacent to an activating group) is 1. The lowest BCUT2D eigenvalue weighted by atomic mass is 9.95. The fourth-order valence-electron chi connectivity index (χ4n) is 1.19. The molecule has 0 fully saturated rings. The highest BCUT2D eigenvalue weighted by atomic mass is 19.1. The van der Waals surface area contributed by atoms with E-state index in [9.17, 15) is 4.39 Å². The second-order valence-corrected chi connectivity index (χ2v) is 3.50. The summed E-state index contributed by atoms with van der Waals surface area (Å²) in [6, 6.07) is 8.39. The van der Waals surface area contributed by atoms with Crippen molar-refractivity contribution < 1.29 is 4.39 Å². The first-order valence-electron chi connectivity index (χ1n) is 4.44. The van der Waals surface area contributed by atoms with E-state index in [4.69, 9.17) is 5.26 Å². The predicted octanol–water partition coefficient (Wildman–Crippen LogP) is 1.87. The largest absolute Gasteiger partial charge is 0.302 e. The molecule has 74 valence electrons. The minimum absolute atomic E-state index is 0.253. The highest BCUT2D eigenvalue weighted by Crippen LogP contribution is 2.12. The lowest BCUT2D eigenvalue weighted by molar-refractivity contribution is 0.488. The maximum absolute atomic E-state index is 12.6. The second-order valence-electron chi connectivity index (χ2n) is 3.50. The Hall–Kier alpha value is -1.40. The summed E-state index contributed by atoms with van der Waals surface area (Å²) in [4.78, 5) is 0. The third kappa shape index (κ3) is 2.54. The third-order valence-corrected chi connectivity index (χ3v) is 2.27. The van der Waals surface area contributed by atoms with Crippen LogP contribution >= 0.6 is 0 Å². The van der Waals surface area contributed by atoms with Gasteiger partial charge in [0.25, 0.3) is 0 Å². The van der Waals surface area contributed by atoms with Crippen molar-refractivity contribution in [3.8, 4) is 6.07 Å². The summed E-state index contributed by atoms with van der Waals surface area (Å²) in [5.74, 6) is -0.253. The van der Waals surface area contributed by atoms with Gasteiger partial charge in [0.2, 0.25) is 0 Å². The number of nitrogens with one attached hydrogen (secondary N) is 1. The highest BCUT2D eigenvalue weighted by molar-refractivity contribution is 5.21. The Morgan fingerprint density at radius 3 is 2.43 bits per heavy atom. The molecular formula is C11H13FN2. The SMILES string of the molecule is CNC(C)(C#N)Cc1ccc(F)cc1. The number of benzene rings is 1. The molecule has 1 unspecified atom stereocenters. The standard InChI is InChI=1S/C11H13FN2/c1-11(8-13,14-2)7-9-3-5-10(12)6-4-9/h3-6,14H,7H2,1-2H3. The van der Waals surface area contributed by atoms with Crippen LogP contribution in [0.15, 0.2) is 24.3 Å². The first-order chi connectivity index (χ1) is 6.59. The molecule has 0 bridgehead atoms. The van der Waals surface area contributed by atoms with Crippen molar-refractivity contribution in [2.45, 2.75) is 18.9 Å². The van der Waals surface area contributed by atoms with Gasteiger partial charge in [0.15, 0.2) is 0 Å². The third-order valence-electron chi connectivity index (χ3n) is 2.27. The van der Waals surface area contributed by atoms with Crippen molar-refractivity contribution in [2.24, 2.45) is 0 Å². The van der Waals surface area contributed by atoms with E-state index in [1.807, 2.05) is 6.92 Å². The molecule has 0 aliphatic heterocycles. The molecule has 0 saturated carbocycles. The van der Waals surface area contributed by atoms with Gasteiger partial charge in [0.05, 0.1) is 6.07 Å². The lowest BCUT2D eigenvalue weighted by Gasteiger charge is -2.20. The molecule has 1 N–H and O–H groups in total. The lowest BCUT2D eigenvalue weighted by Crippen LogP contribution is -2.40. The van der Waals surface area contributed by atoms with Crippen LogP contribution < -0.4 is 5.32 Å². The first-order valence-corrected chi connectivity index (χ1v) is 4.44. The van der Waals surface area contributed by atoms with Crippen LogP contribution in [0.25, 0.3) is 0 Å². The van der Waals surface area contributed by atoms with Crippen molar-refractivity contribution in [1.82, 2.24) is 5.32 Å². The Morgan fingerprint density at radius 1 is 1.43 bits per heavy atom. The molecule has 1 aromatic carbocycles. The Labute approximate surface area is 83.4 Å². The van der Waals surface area contributed by atoms with Crippen molar-refractivity contribution >= 4 is 0 Å². The predicted molar refractivity (Wildman–Crippen MR) is 53.2 cm³/mol. The summed E-state index contributed by atoms with van der Waals surface area (Å²) in [5, 5.41) is 11.9. The molecule has 0 spiro atoms. The maximum Gasteiger partial charge on any atom is 0.123 e. The van der Waals surface area contributed by atoms with E-state index in [1.165, 1.54) is 12.1 Å². The van der Waals surface area contributed by atoms with Gasteiger partial charge in [0.1, 0.15) is 11.4 Å². The quantitative estimate of drug-likeness (QED) is 0.793. The molecule has 1 atom stereocenters. The number of hydrogen-bond donors (Lipinski definition) is 1. The summed E-state index contributed by atoms with van der Waals surface area (Å²) in [6.45, 7) is 1.82. The number of halogens is 1. The molecule has 0 aliphatic carbocycles. The number of hydrogen-bond acceptors (Lipinski definition) is 2. The molecule has 2 nitrogen and oxygen atoms in total. The fraction of sp³-hybridized carbons (Fsp3) is 0.364. The van der Waals surface area contributed by atoms with Crippen molar-refractivity contribution in [1.29, 1.82) is 5.26 Å². The Bertz CT molecular complexity index is 339. The zero-order chi connectivity index (χ0) is 10.6. The minimum Gasteiger partial charge on any atom is -0.302 e. The molecule has 14 heavy (non-hydrogen) atoms. The van der Waals surface area contributed by atoms with Gasteiger partial charge in [0, 0.05) is 6.42 Å². The van der Waals surface area contributed by atoms with E-state index < -0.39 is 5.54 Å². The van der Waals surface area contributed by atoms with E-state index >= 15 is 0 Å². The molecule has 0 heterocycles. The van der Waals surface area contributed by atoms with Gasteiger partial charge in [-0.15, -0.1) is 0 Å². The van der Waals surface area contributed by atoms with Crippen LogP contribution in [0.1, 0.15) is 12.5 Å². The molecular weight excluding hydrogens is 179 g/mol. The summed E-state index contributed by atoms with van der Waals surface area (Å²) < 4.78 is 12.6. The molecule has 1 rings (SSSR count). The molecule has 0 amide bonds. The van der Waals surface area contributed by atoms with Gasteiger partial charge < -0.3 is 5.32 Å². The number of nitriles is 1. The number of nitrogens with zero attached hydrogens (tertiary/aromatic N) is 1. The average molecular weight is 192 g/mol. The summed E-state index contributed by atoms with van der Waals surface area (Å²) in [6.07, 6.45) is 0.570. The van der Waals surface area contributed by atoms with Crippen LogP contribution in [0.3, 0.4) is 0 Å². The van der Waals surface area contributed by atoms with Crippen LogP contribution in [0, 0.1) is 17.1 Å². The van der Waals surface area contributed by atoms with E-state index in [2.05, 4.69) is 11.4 Å². The molecule has 3 heteroatoms. The molecule has 0 aliphatic rings. The van der Waals surface area contributed by atoms with Crippen LogP contribution in [-0.4, -0.2) is 12.6 Å². The van der Waals surface area contributed by atoms with E-state index in [1.54, 1.807) is 19.2 Å². The van der Waals surface area contributed by atoms with Gasteiger partial charge in [-0.1, -0.05) is 12.1 Å². The number of rotatable bonds is 3. The highest BCUT2D eigenvalue weighted by Gasteiger charge is 2.21. The van der Waals surface area contributed by atoms with Crippen LogP contribution in [0.2, 0.25) is 0 Å². The second kappa shape index (κ2) is 4.21. The normalized spacial score (nSPS) is 14.4. The molecule has 0 saturated heterocycles. The Balaban J connectivity index is 2.79. The maximum atomic E-state index is 12.6. The molecule has 0 aromatic heterocycles. The average Bonchev–Trinajstić information content (AvgIpc) is 2.21. The summed E-state index contributed by atoms with van der Waals surface area (Å²) in [5.41, 5.74) is 0.363. The summed E-state index contributed by atoms with van der Waals surface area (Å²) in [7, 11) is 1.74. The fourth-order valence-corrected chi connectivity index (χ4v) is 1.19. The smallest absolute Gasteiger partial charge is 0.123 e. The van der Waals surface area contributed by atoms with Gasteiger partial charge in [-0.25, -0.2) is 4.39 Å². The zero-order valence-corrected chi connectivity index (χ0v) is 8.34. The van der Waals surface area contributed by atoms with Gasteiger partial charge in [-0.05, 0) is 31.7 Å². The molecule has 1 aromatic rings. The van der Waals surface area contributed by atoms with Crippen LogP contribution in [-0.2, 0) is 6.42 Å². The van der Waals surface area contributed by atoms with Crippen molar-refractivity contribution in [2.75, 3.05) is 7.05 Å². The summed E-state index contributed by atoms with van der Waals surface area (Å²) >= 11 is 0.